The lowest BCUT2D eigenvalue weighted by Gasteiger charge is -2.21. The molecule has 0 aromatic heterocycles. The SMILES string of the molecule is CCOC(=O)[C@H](O)[C@H](C)/C=C(\C)C(=O)N1C(=O)OC[C@@H]1Cc1ccccc1. The molecule has 3 atom stereocenters. The van der Waals surface area contributed by atoms with Crippen LogP contribution in [0.15, 0.2) is 42.0 Å². The fourth-order valence-electron chi connectivity index (χ4n) is 2.93. The molecule has 0 saturated carbocycles. The number of aliphatic hydroxyl groups excluding tert-OH is 1. The van der Waals surface area contributed by atoms with Crippen molar-refractivity contribution in [2.45, 2.75) is 39.3 Å². The van der Waals surface area contributed by atoms with Gasteiger partial charge in [0.25, 0.3) is 5.91 Å². The van der Waals surface area contributed by atoms with Crippen LogP contribution in [0.5, 0.6) is 0 Å². The molecule has 27 heavy (non-hydrogen) atoms. The fraction of sp³-hybridized carbons (Fsp3) is 0.450. The third-order valence-corrected chi connectivity index (χ3v) is 4.37. The zero-order valence-corrected chi connectivity index (χ0v) is 15.8. The third kappa shape index (κ3) is 5.17. The predicted octanol–water partition coefficient (Wildman–Crippen LogP) is 2.08. The lowest BCUT2D eigenvalue weighted by Crippen LogP contribution is -2.41. The summed E-state index contributed by atoms with van der Waals surface area (Å²) < 4.78 is 9.84. The molecular formula is C20H25NO6. The molecule has 2 amide bonds. The Morgan fingerprint density at radius 3 is 2.67 bits per heavy atom. The van der Waals surface area contributed by atoms with Crippen molar-refractivity contribution in [3.05, 3.63) is 47.5 Å². The van der Waals surface area contributed by atoms with Gasteiger partial charge < -0.3 is 14.6 Å². The number of carbonyl (C=O) groups is 3. The van der Waals surface area contributed by atoms with Crippen LogP contribution >= 0.6 is 0 Å². The Bertz CT molecular complexity index is 714. The smallest absolute Gasteiger partial charge is 0.417 e. The molecular weight excluding hydrogens is 350 g/mol. The summed E-state index contributed by atoms with van der Waals surface area (Å²) in [5.74, 6) is -1.88. The first-order chi connectivity index (χ1) is 12.8. The van der Waals surface area contributed by atoms with Gasteiger partial charge in [-0.1, -0.05) is 43.3 Å². The minimum Gasteiger partial charge on any atom is -0.464 e. The standard InChI is InChI=1S/C20H25NO6/c1-4-26-19(24)17(22)13(2)10-14(3)18(23)21-16(12-27-20(21)25)11-15-8-6-5-7-9-15/h5-10,13,16-17,22H,4,11-12H2,1-3H3/b14-10+/t13-,16+,17-/m1/s1. The van der Waals surface area contributed by atoms with E-state index in [0.717, 1.165) is 10.5 Å². The fourth-order valence-corrected chi connectivity index (χ4v) is 2.93. The van der Waals surface area contributed by atoms with Crippen LogP contribution in [-0.2, 0) is 25.5 Å². The van der Waals surface area contributed by atoms with Crippen molar-refractivity contribution in [3.63, 3.8) is 0 Å². The van der Waals surface area contributed by atoms with Gasteiger partial charge in [-0.3, -0.25) is 4.79 Å². The maximum atomic E-state index is 12.8. The molecule has 1 aromatic carbocycles. The van der Waals surface area contributed by atoms with Crippen molar-refractivity contribution < 1.29 is 29.0 Å². The first-order valence-corrected chi connectivity index (χ1v) is 8.92. The molecule has 0 unspecified atom stereocenters. The van der Waals surface area contributed by atoms with Crippen LogP contribution in [0.4, 0.5) is 4.79 Å². The molecule has 1 aliphatic heterocycles. The summed E-state index contributed by atoms with van der Waals surface area (Å²) in [7, 11) is 0. The highest BCUT2D eigenvalue weighted by atomic mass is 16.6. The number of hydrogen-bond acceptors (Lipinski definition) is 6. The van der Waals surface area contributed by atoms with Gasteiger partial charge >= 0.3 is 12.1 Å². The second kappa shape index (κ2) is 9.32. The molecule has 7 nitrogen and oxygen atoms in total. The van der Waals surface area contributed by atoms with Crippen LogP contribution in [-0.4, -0.2) is 53.3 Å². The molecule has 1 heterocycles. The van der Waals surface area contributed by atoms with E-state index < -0.39 is 36.0 Å². The summed E-state index contributed by atoms with van der Waals surface area (Å²) in [6, 6.07) is 9.12. The molecule has 0 bridgehead atoms. The average Bonchev–Trinajstić information content (AvgIpc) is 3.01. The van der Waals surface area contributed by atoms with Gasteiger partial charge in [0.1, 0.15) is 6.61 Å². The van der Waals surface area contributed by atoms with Crippen LogP contribution in [0.25, 0.3) is 0 Å². The van der Waals surface area contributed by atoms with Crippen molar-refractivity contribution in [1.82, 2.24) is 4.90 Å². The maximum Gasteiger partial charge on any atom is 0.417 e. The highest BCUT2D eigenvalue weighted by Gasteiger charge is 2.38. The van der Waals surface area contributed by atoms with Crippen LogP contribution < -0.4 is 0 Å². The summed E-state index contributed by atoms with van der Waals surface area (Å²) in [5.41, 5.74) is 1.24. The molecule has 1 fully saturated rings. The van der Waals surface area contributed by atoms with Gasteiger partial charge in [0.2, 0.25) is 0 Å². The summed E-state index contributed by atoms with van der Waals surface area (Å²) in [5, 5.41) is 9.98. The van der Waals surface area contributed by atoms with Crippen LogP contribution in [0.2, 0.25) is 0 Å². The van der Waals surface area contributed by atoms with Gasteiger partial charge in [0.05, 0.1) is 12.6 Å². The Balaban J connectivity index is 2.10. The van der Waals surface area contributed by atoms with E-state index in [-0.39, 0.29) is 18.8 Å². The summed E-state index contributed by atoms with van der Waals surface area (Å²) in [4.78, 5) is 37.6. The number of nitrogens with zero attached hydrogens (tertiary/aromatic N) is 1. The van der Waals surface area contributed by atoms with E-state index in [9.17, 15) is 19.5 Å². The third-order valence-electron chi connectivity index (χ3n) is 4.37. The van der Waals surface area contributed by atoms with Gasteiger partial charge in [-0.15, -0.1) is 0 Å². The van der Waals surface area contributed by atoms with Crippen LogP contribution in [0.3, 0.4) is 0 Å². The molecule has 1 N–H and O–H groups in total. The quantitative estimate of drug-likeness (QED) is 0.579. The molecule has 0 spiro atoms. The van der Waals surface area contributed by atoms with Crippen molar-refractivity contribution in [3.8, 4) is 0 Å². The van der Waals surface area contributed by atoms with E-state index in [1.54, 1.807) is 20.8 Å². The molecule has 1 aliphatic rings. The van der Waals surface area contributed by atoms with Gasteiger partial charge in [-0.2, -0.15) is 0 Å². The van der Waals surface area contributed by atoms with Gasteiger partial charge in [-0.25, -0.2) is 14.5 Å². The zero-order chi connectivity index (χ0) is 20.0. The van der Waals surface area contributed by atoms with Gasteiger partial charge in [0.15, 0.2) is 6.10 Å². The number of esters is 1. The van der Waals surface area contributed by atoms with Crippen molar-refractivity contribution >= 4 is 18.0 Å². The molecule has 1 aromatic rings. The first-order valence-electron chi connectivity index (χ1n) is 8.92. The average molecular weight is 375 g/mol. The molecule has 1 saturated heterocycles. The summed E-state index contributed by atoms with van der Waals surface area (Å²) in [6.07, 6.45) is -0.104. The first kappa shape index (κ1) is 20.6. The maximum absolute atomic E-state index is 12.8. The van der Waals surface area contributed by atoms with Crippen LogP contribution in [0.1, 0.15) is 26.3 Å². The topological polar surface area (TPSA) is 93.1 Å². The largest absolute Gasteiger partial charge is 0.464 e. The van der Waals surface area contributed by atoms with E-state index in [0.29, 0.717) is 6.42 Å². The zero-order valence-electron chi connectivity index (χ0n) is 15.8. The Morgan fingerprint density at radius 2 is 2.04 bits per heavy atom. The summed E-state index contributed by atoms with van der Waals surface area (Å²) in [6.45, 7) is 5.08. The van der Waals surface area contributed by atoms with Crippen LogP contribution in [0, 0.1) is 5.92 Å². The van der Waals surface area contributed by atoms with E-state index in [1.165, 1.54) is 6.08 Å². The van der Waals surface area contributed by atoms with E-state index in [2.05, 4.69) is 0 Å². The molecule has 0 radical (unpaired) electrons. The number of carbonyl (C=O) groups excluding carboxylic acids is 3. The number of rotatable bonds is 7. The molecule has 2 rings (SSSR count). The minimum absolute atomic E-state index is 0.133. The molecule has 146 valence electrons. The monoisotopic (exact) mass is 375 g/mol. The number of ether oxygens (including phenoxy) is 2. The Morgan fingerprint density at radius 1 is 1.37 bits per heavy atom. The Kier molecular flexibility index (Phi) is 7.12. The van der Waals surface area contributed by atoms with E-state index >= 15 is 0 Å². The number of amides is 2. The lowest BCUT2D eigenvalue weighted by molar-refractivity contribution is -0.154. The lowest BCUT2D eigenvalue weighted by atomic mass is 10.0. The second-order valence-electron chi connectivity index (χ2n) is 6.50. The van der Waals surface area contributed by atoms with Crippen molar-refractivity contribution in [2.75, 3.05) is 13.2 Å². The normalized spacial score (nSPS) is 19.4. The highest BCUT2D eigenvalue weighted by molar-refractivity contribution is 6.03. The highest BCUT2D eigenvalue weighted by Crippen LogP contribution is 2.21. The number of hydrogen-bond donors (Lipinski definition) is 1. The number of aliphatic hydroxyl groups is 1. The minimum atomic E-state index is -1.38. The second-order valence-corrected chi connectivity index (χ2v) is 6.50. The van der Waals surface area contributed by atoms with E-state index in [1.807, 2.05) is 30.3 Å². The molecule has 7 heteroatoms. The number of benzene rings is 1. The van der Waals surface area contributed by atoms with Crippen molar-refractivity contribution in [2.24, 2.45) is 5.92 Å². The van der Waals surface area contributed by atoms with Gasteiger partial charge in [-0.05, 0) is 25.8 Å². The van der Waals surface area contributed by atoms with Gasteiger partial charge in [0, 0.05) is 11.5 Å². The Labute approximate surface area is 158 Å². The predicted molar refractivity (Wildman–Crippen MR) is 97.7 cm³/mol. The van der Waals surface area contributed by atoms with Crippen molar-refractivity contribution in [1.29, 1.82) is 0 Å². The number of imide groups is 1. The summed E-state index contributed by atoms with van der Waals surface area (Å²) >= 11 is 0. The Hall–Kier alpha value is -2.67. The number of cyclic esters (lactones) is 1. The molecule has 0 aliphatic carbocycles. The van der Waals surface area contributed by atoms with E-state index in [4.69, 9.17) is 9.47 Å².